The Morgan fingerprint density at radius 3 is 2.71 bits per heavy atom. The minimum atomic E-state index is 0.0217. The van der Waals surface area contributed by atoms with Crippen LogP contribution in [0.2, 0.25) is 5.02 Å². The predicted molar refractivity (Wildman–Crippen MR) is 119 cm³/mol. The van der Waals surface area contributed by atoms with Crippen molar-refractivity contribution >= 4 is 17.2 Å². The van der Waals surface area contributed by atoms with Crippen LogP contribution in [0.3, 0.4) is 0 Å². The number of rotatable bonds is 4. The summed E-state index contributed by atoms with van der Waals surface area (Å²) in [5.74, 6) is 0. The topological polar surface area (TPSA) is 66.3 Å². The van der Waals surface area contributed by atoms with Crippen molar-refractivity contribution in [2.45, 2.75) is 26.1 Å². The van der Waals surface area contributed by atoms with E-state index in [1.54, 1.807) is 16.8 Å². The number of fused-ring (bicyclic) bond motifs is 3. The van der Waals surface area contributed by atoms with Gasteiger partial charge in [-0.15, -0.1) is 0 Å². The van der Waals surface area contributed by atoms with E-state index in [2.05, 4.69) is 16.1 Å². The molecule has 0 aliphatic carbocycles. The maximum atomic E-state index is 13.5. The molecule has 2 aromatic heterocycles. The SMILES string of the molecule is N#Cc1cccc(CN2CCc3c(c(=O)n(Cc4ccc(Cl)cc4)c4ccnn34)C2)c1. The maximum Gasteiger partial charge on any atom is 0.258 e. The number of nitriles is 1. The largest absolute Gasteiger partial charge is 0.294 e. The first-order valence-electron chi connectivity index (χ1n) is 10.2. The van der Waals surface area contributed by atoms with E-state index in [1.807, 2.05) is 53.0 Å². The van der Waals surface area contributed by atoms with Crippen molar-refractivity contribution in [2.24, 2.45) is 0 Å². The van der Waals surface area contributed by atoms with Gasteiger partial charge in [0.2, 0.25) is 0 Å². The van der Waals surface area contributed by atoms with Gasteiger partial charge in [0.05, 0.1) is 35.6 Å². The van der Waals surface area contributed by atoms with Crippen LogP contribution >= 0.6 is 11.6 Å². The second kappa shape index (κ2) is 8.03. The van der Waals surface area contributed by atoms with Crippen LogP contribution in [0.25, 0.3) is 5.65 Å². The molecule has 0 bridgehead atoms. The molecule has 3 heterocycles. The van der Waals surface area contributed by atoms with Gasteiger partial charge < -0.3 is 0 Å². The molecule has 5 rings (SSSR count). The zero-order valence-electron chi connectivity index (χ0n) is 16.8. The summed E-state index contributed by atoms with van der Waals surface area (Å²) in [6.07, 6.45) is 2.50. The normalized spacial score (nSPS) is 13.8. The summed E-state index contributed by atoms with van der Waals surface area (Å²) in [5, 5.41) is 14.3. The first-order valence-corrected chi connectivity index (χ1v) is 10.5. The van der Waals surface area contributed by atoms with Crippen LogP contribution in [0, 0.1) is 11.3 Å². The zero-order chi connectivity index (χ0) is 21.4. The molecule has 7 heteroatoms. The molecular formula is C24H20ClN5O. The van der Waals surface area contributed by atoms with Gasteiger partial charge in [0.1, 0.15) is 5.65 Å². The molecule has 1 aliphatic rings. The van der Waals surface area contributed by atoms with Gasteiger partial charge in [-0.05, 0) is 35.4 Å². The van der Waals surface area contributed by atoms with Crippen LogP contribution in [-0.4, -0.2) is 25.6 Å². The minimum absolute atomic E-state index is 0.0217. The van der Waals surface area contributed by atoms with Gasteiger partial charge in [-0.25, -0.2) is 4.52 Å². The molecule has 0 N–H and O–H groups in total. The highest BCUT2D eigenvalue weighted by molar-refractivity contribution is 6.30. The highest BCUT2D eigenvalue weighted by Crippen LogP contribution is 2.21. The Labute approximate surface area is 184 Å². The first kappa shape index (κ1) is 19.6. The van der Waals surface area contributed by atoms with Gasteiger partial charge >= 0.3 is 0 Å². The van der Waals surface area contributed by atoms with E-state index >= 15 is 0 Å². The van der Waals surface area contributed by atoms with Gasteiger partial charge in [0.15, 0.2) is 0 Å². The van der Waals surface area contributed by atoms with Crippen LogP contribution in [0.4, 0.5) is 0 Å². The number of hydrogen-bond acceptors (Lipinski definition) is 4. The first-order chi connectivity index (χ1) is 15.1. The number of hydrogen-bond donors (Lipinski definition) is 0. The van der Waals surface area contributed by atoms with E-state index in [1.165, 1.54) is 0 Å². The Kier molecular flexibility index (Phi) is 5.06. The average molecular weight is 430 g/mol. The fourth-order valence-corrected chi connectivity index (χ4v) is 4.39. The molecule has 0 atom stereocenters. The quantitative estimate of drug-likeness (QED) is 0.497. The molecule has 31 heavy (non-hydrogen) atoms. The van der Waals surface area contributed by atoms with Crippen molar-refractivity contribution in [3.05, 3.63) is 104 Å². The van der Waals surface area contributed by atoms with Gasteiger partial charge in [-0.1, -0.05) is 35.9 Å². The lowest BCUT2D eigenvalue weighted by molar-refractivity contribution is 0.239. The standard InChI is InChI=1S/C24H20ClN5O/c25-20-6-4-17(5-7-20)15-29-23-8-10-27-30(23)22-9-11-28(16-21(22)24(29)31)14-19-3-1-2-18(12-19)13-26/h1-8,10,12H,9,11,14-16H2. The summed E-state index contributed by atoms with van der Waals surface area (Å²) in [7, 11) is 0. The molecule has 154 valence electrons. The molecule has 2 aromatic carbocycles. The molecule has 0 amide bonds. The number of benzene rings is 2. The van der Waals surface area contributed by atoms with Crippen molar-refractivity contribution in [3.63, 3.8) is 0 Å². The van der Waals surface area contributed by atoms with Crippen LogP contribution in [0.5, 0.6) is 0 Å². The fourth-order valence-electron chi connectivity index (χ4n) is 4.27. The second-order valence-electron chi connectivity index (χ2n) is 7.82. The predicted octanol–water partition coefficient (Wildman–Crippen LogP) is 3.63. The Balaban J connectivity index is 1.50. The highest BCUT2D eigenvalue weighted by atomic mass is 35.5. The molecule has 0 fully saturated rings. The summed E-state index contributed by atoms with van der Waals surface area (Å²) in [4.78, 5) is 15.8. The van der Waals surface area contributed by atoms with Crippen LogP contribution in [-0.2, 0) is 26.1 Å². The summed E-state index contributed by atoms with van der Waals surface area (Å²) < 4.78 is 3.69. The summed E-state index contributed by atoms with van der Waals surface area (Å²) in [6.45, 7) is 2.55. The smallest absolute Gasteiger partial charge is 0.258 e. The van der Waals surface area contributed by atoms with E-state index in [-0.39, 0.29) is 5.56 Å². The van der Waals surface area contributed by atoms with E-state index in [9.17, 15) is 4.79 Å². The van der Waals surface area contributed by atoms with Crippen LogP contribution in [0.1, 0.15) is 27.9 Å². The van der Waals surface area contributed by atoms with Gasteiger partial charge in [0, 0.05) is 37.1 Å². The minimum Gasteiger partial charge on any atom is -0.294 e. The third-order valence-electron chi connectivity index (χ3n) is 5.77. The fraction of sp³-hybridized carbons (Fsp3) is 0.208. The van der Waals surface area contributed by atoms with Crippen molar-refractivity contribution in [1.82, 2.24) is 19.1 Å². The highest BCUT2D eigenvalue weighted by Gasteiger charge is 2.24. The Hall–Kier alpha value is -3.40. The molecule has 6 nitrogen and oxygen atoms in total. The summed E-state index contributed by atoms with van der Waals surface area (Å²) in [5.41, 5.74) is 5.33. The van der Waals surface area contributed by atoms with Crippen LogP contribution < -0.4 is 5.56 Å². The number of nitrogens with zero attached hydrogens (tertiary/aromatic N) is 5. The second-order valence-corrected chi connectivity index (χ2v) is 8.25. The molecule has 0 radical (unpaired) electrons. The Bertz CT molecular complexity index is 1360. The molecule has 0 unspecified atom stereocenters. The third kappa shape index (κ3) is 3.74. The lowest BCUT2D eigenvalue weighted by Gasteiger charge is -2.29. The number of halogens is 1. The van der Waals surface area contributed by atoms with E-state index in [4.69, 9.17) is 16.9 Å². The Morgan fingerprint density at radius 2 is 1.90 bits per heavy atom. The lowest BCUT2D eigenvalue weighted by Crippen LogP contribution is -2.39. The molecule has 0 spiro atoms. The molecular weight excluding hydrogens is 410 g/mol. The van der Waals surface area contributed by atoms with Crippen molar-refractivity contribution in [2.75, 3.05) is 6.54 Å². The monoisotopic (exact) mass is 429 g/mol. The van der Waals surface area contributed by atoms with Crippen molar-refractivity contribution in [1.29, 1.82) is 5.26 Å². The van der Waals surface area contributed by atoms with Gasteiger partial charge in [-0.3, -0.25) is 14.3 Å². The maximum absolute atomic E-state index is 13.5. The summed E-state index contributed by atoms with van der Waals surface area (Å²) >= 11 is 6.01. The zero-order valence-corrected chi connectivity index (χ0v) is 17.6. The molecule has 0 saturated heterocycles. The molecule has 1 aliphatic heterocycles. The Morgan fingerprint density at radius 1 is 1.06 bits per heavy atom. The van der Waals surface area contributed by atoms with E-state index in [0.717, 1.165) is 41.0 Å². The van der Waals surface area contributed by atoms with Crippen molar-refractivity contribution < 1.29 is 0 Å². The van der Waals surface area contributed by atoms with Crippen LogP contribution in [0.15, 0.2) is 65.6 Å². The van der Waals surface area contributed by atoms with E-state index in [0.29, 0.717) is 30.2 Å². The lowest BCUT2D eigenvalue weighted by atomic mass is 10.0. The number of aromatic nitrogens is 3. The van der Waals surface area contributed by atoms with E-state index < -0.39 is 0 Å². The molecule has 0 saturated carbocycles. The average Bonchev–Trinajstić information content (AvgIpc) is 3.28. The summed E-state index contributed by atoms with van der Waals surface area (Å²) in [6, 6.07) is 19.3. The van der Waals surface area contributed by atoms with Gasteiger partial charge in [0.25, 0.3) is 5.56 Å². The molecule has 4 aromatic rings. The third-order valence-corrected chi connectivity index (χ3v) is 6.02. The van der Waals surface area contributed by atoms with Gasteiger partial charge in [-0.2, -0.15) is 10.4 Å². The van der Waals surface area contributed by atoms with Crippen molar-refractivity contribution in [3.8, 4) is 6.07 Å².